The molecule has 0 spiro atoms. The molecule has 1 aromatic rings. The molecule has 142 valence electrons. The lowest BCUT2D eigenvalue weighted by Gasteiger charge is -2.28. The lowest BCUT2D eigenvalue weighted by atomic mass is 9.95. The van der Waals surface area contributed by atoms with Gasteiger partial charge >= 0.3 is 12.0 Å². The Hall–Kier alpha value is -2.41. The summed E-state index contributed by atoms with van der Waals surface area (Å²) in [5, 5.41) is 15.3. The molecule has 1 atom stereocenters. The number of amides is 2. The van der Waals surface area contributed by atoms with Crippen LogP contribution >= 0.6 is 11.6 Å². The highest BCUT2D eigenvalue weighted by atomic mass is 35.5. The summed E-state index contributed by atoms with van der Waals surface area (Å²) in [6.45, 7) is 7.84. The van der Waals surface area contributed by atoms with Gasteiger partial charge in [-0.2, -0.15) is 0 Å². The molecule has 1 aromatic carbocycles. The van der Waals surface area contributed by atoms with Crippen LogP contribution in [0, 0.1) is 5.92 Å². The van der Waals surface area contributed by atoms with Crippen molar-refractivity contribution in [3.05, 3.63) is 34.0 Å². The van der Waals surface area contributed by atoms with E-state index < -0.39 is 18.0 Å². The Morgan fingerprint density at radius 1 is 1.38 bits per heavy atom. The van der Waals surface area contributed by atoms with Crippen LogP contribution < -0.4 is 15.4 Å². The van der Waals surface area contributed by atoms with Gasteiger partial charge in [0, 0.05) is 5.70 Å². The minimum atomic E-state index is -0.777. The summed E-state index contributed by atoms with van der Waals surface area (Å²) in [6, 6.07) is 1.80. The van der Waals surface area contributed by atoms with Gasteiger partial charge in [-0.3, -0.25) is 0 Å². The number of esters is 1. The number of urea groups is 1. The number of carbonyl (C=O) groups is 2. The number of phenolic OH excluding ortho intramolecular Hbond substituents is 1. The number of aromatic hydroxyl groups is 1. The summed E-state index contributed by atoms with van der Waals surface area (Å²) in [5.41, 5.74) is 1.17. The fourth-order valence-corrected chi connectivity index (χ4v) is 2.78. The quantitative estimate of drug-likeness (QED) is 0.656. The van der Waals surface area contributed by atoms with Crippen molar-refractivity contribution in [1.82, 2.24) is 10.6 Å². The van der Waals surface area contributed by atoms with Crippen LogP contribution in [-0.4, -0.2) is 30.3 Å². The molecule has 2 rings (SSSR count). The zero-order chi connectivity index (χ0) is 19.4. The third kappa shape index (κ3) is 4.40. The molecule has 7 nitrogen and oxygen atoms in total. The molecule has 1 unspecified atom stereocenters. The Bertz CT molecular complexity index is 745. The zero-order valence-electron chi connectivity index (χ0n) is 15.2. The largest absolute Gasteiger partial charge is 0.503 e. The van der Waals surface area contributed by atoms with E-state index in [9.17, 15) is 14.7 Å². The Labute approximate surface area is 157 Å². The number of benzene rings is 1. The van der Waals surface area contributed by atoms with Crippen molar-refractivity contribution in [2.24, 2.45) is 5.92 Å². The summed E-state index contributed by atoms with van der Waals surface area (Å²) in [5.74, 6) is -0.370. The summed E-state index contributed by atoms with van der Waals surface area (Å²) in [6.07, 6.45) is 0. The van der Waals surface area contributed by atoms with Gasteiger partial charge in [-0.05, 0) is 37.5 Å². The summed E-state index contributed by atoms with van der Waals surface area (Å²) in [7, 11) is 0. The summed E-state index contributed by atoms with van der Waals surface area (Å²) >= 11 is 6.09. The molecule has 0 bridgehead atoms. The van der Waals surface area contributed by atoms with E-state index >= 15 is 0 Å². The van der Waals surface area contributed by atoms with Gasteiger partial charge in [-0.15, -0.1) is 0 Å². The number of rotatable bonds is 6. The third-order valence-electron chi connectivity index (χ3n) is 3.72. The molecule has 8 heteroatoms. The third-order valence-corrected chi connectivity index (χ3v) is 4.01. The zero-order valence-corrected chi connectivity index (χ0v) is 15.9. The molecule has 0 radical (unpaired) electrons. The Morgan fingerprint density at radius 2 is 2.08 bits per heavy atom. The maximum atomic E-state index is 12.6. The number of hydrogen-bond acceptors (Lipinski definition) is 5. The van der Waals surface area contributed by atoms with Crippen molar-refractivity contribution in [2.45, 2.75) is 33.7 Å². The normalized spacial score (nSPS) is 17.0. The van der Waals surface area contributed by atoms with Crippen molar-refractivity contribution in [1.29, 1.82) is 0 Å². The van der Waals surface area contributed by atoms with Crippen LogP contribution in [0.3, 0.4) is 0 Å². The molecule has 0 aromatic heterocycles. The highest BCUT2D eigenvalue weighted by Gasteiger charge is 2.33. The van der Waals surface area contributed by atoms with Crippen LogP contribution in [0.15, 0.2) is 23.4 Å². The van der Waals surface area contributed by atoms with Crippen LogP contribution in [0.2, 0.25) is 5.02 Å². The molecule has 0 aliphatic carbocycles. The number of carbonyl (C=O) groups excluding carboxylic acids is 2. The van der Waals surface area contributed by atoms with Crippen LogP contribution in [0.1, 0.15) is 39.3 Å². The first-order chi connectivity index (χ1) is 12.2. The number of allylic oxidation sites excluding steroid dienone is 1. The average molecular weight is 383 g/mol. The van der Waals surface area contributed by atoms with E-state index in [-0.39, 0.29) is 34.6 Å². The first-order valence-corrected chi connectivity index (χ1v) is 8.73. The SMILES string of the molecule is CCOc1cc(C2NC(=O)NC(C)=C2C(=O)OCC(C)C)cc(Cl)c1O. The summed E-state index contributed by atoms with van der Waals surface area (Å²) < 4.78 is 10.7. The van der Waals surface area contributed by atoms with E-state index in [0.717, 1.165) is 0 Å². The maximum absolute atomic E-state index is 12.6. The molecular weight excluding hydrogens is 360 g/mol. The molecule has 2 amide bonds. The molecule has 1 aliphatic rings. The molecule has 1 heterocycles. The number of hydrogen-bond donors (Lipinski definition) is 3. The predicted molar refractivity (Wildman–Crippen MR) is 97.2 cm³/mol. The van der Waals surface area contributed by atoms with E-state index in [1.165, 1.54) is 6.07 Å². The minimum Gasteiger partial charge on any atom is -0.503 e. The van der Waals surface area contributed by atoms with Crippen molar-refractivity contribution in [3.63, 3.8) is 0 Å². The van der Waals surface area contributed by atoms with Gasteiger partial charge in [0.1, 0.15) is 0 Å². The average Bonchev–Trinajstić information content (AvgIpc) is 2.56. The van der Waals surface area contributed by atoms with Crippen molar-refractivity contribution in [3.8, 4) is 11.5 Å². The molecule has 3 N–H and O–H groups in total. The van der Waals surface area contributed by atoms with E-state index in [1.54, 1.807) is 19.9 Å². The van der Waals surface area contributed by atoms with Gasteiger partial charge in [0.2, 0.25) is 0 Å². The van der Waals surface area contributed by atoms with Crippen LogP contribution in [0.5, 0.6) is 11.5 Å². The van der Waals surface area contributed by atoms with Crippen LogP contribution in [0.25, 0.3) is 0 Å². The predicted octanol–water partition coefficient (Wildman–Crippen LogP) is 3.27. The van der Waals surface area contributed by atoms with Crippen molar-refractivity contribution < 1.29 is 24.2 Å². The molecule has 0 fully saturated rings. The molecule has 1 aliphatic heterocycles. The highest BCUT2D eigenvalue weighted by molar-refractivity contribution is 6.32. The van der Waals surface area contributed by atoms with E-state index in [4.69, 9.17) is 21.1 Å². The maximum Gasteiger partial charge on any atom is 0.338 e. The van der Waals surface area contributed by atoms with Gasteiger partial charge in [0.15, 0.2) is 11.5 Å². The van der Waals surface area contributed by atoms with E-state index in [2.05, 4.69) is 10.6 Å². The second kappa shape index (κ2) is 8.31. The highest BCUT2D eigenvalue weighted by Crippen LogP contribution is 2.39. The fraction of sp³-hybridized carbons (Fsp3) is 0.444. The van der Waals surface area contributed by atoms with Crippen molar-refractivity contribution in [2.75, 3.05) is 13.2 Å². The fourth-order valence-electron chi connectivity index (χ4n) is 2.56. The topological polar surface area (TPSA) is 96.9 Å². The lowest BCUT2D eigenvalue weighted by Crippen LogP contribution is -2.45. The van der Waals surface area contributed by atoms with Gasteiger partial charge < -0.3 is 25.2 Å². The molecule has 26 heavy (non-hydrogen) atoms. The lowest BCUT2D eigenvalue weighted by molar-refractivity contribution is -0.140. The first-order valence-electron chi connectivity index (χ1n) is 8.35. The monoisotopic (exact) mass is 382 g/mol. The Morgan fingerprint density at radius 3 is 2.69 bits per heavy atom. The number of halogens is 1. The number of ether oxygens (including phenoxy) is 2. The molecule has 0 saturated heterocycles. The second-order valence-electron chi connectivity index (χ2n) is 6.34. The van der Waals surface area contributed by atoms with Gasteiger partial charge in [-0.1, -0.05) is 25.4 Å². The van der Waals surface area contributed by atoms with Gasteiger partial charge in [-0.25, -0.2) is 9.59 Å². The number of phenols is 1. The molecule has 0 saturated carbocycles. The van der Waals surface area contributed by atoms with Crippen LogP contribution in [-0.2, 0) is 9.53 Å². The standard InChI is InChI=1S/C18H23ClN2O5/c1-5-25-13-7-11(6-12(19)16(13)22)15-14(10(4)20-18(24)21-15)17(23)26-8-9(2)3/h6-7,9,15,22H,5,8H2,1-4H3,(H2,20,21,24). The van der Waals surface area contributed by atoms with E-state index in [1.807, 2.05) is 13.8 Å². The van der Waals surface area contributed by atoms with E-state index in [0.29, 0.717) is 17.9 Å². The molecular formula is C18H23ClN2O5. The smallest absolute Gasteiger partial charge is 0.338 e. The van der Waals surface area contributed by atoms with Crippen LogP contribution in [0.4, 0.5) is 4.79 Å². The summed E-state index contributed by atoms with van der Waals surface area (Å²) in [4.78, 5) is 24.5. The van der Waals surface area contributed by atoms with Crippen molar-refractivity contribution >= 4 is 23.6 Å². The Kier molecular flexibility index (Phi) is 6.37. The Balaban J connectivity index is 2.45. The number of nitrogens with one attached hydrogen (secondary N) is 2. The van der Waals surface area contributed by atoms with Gasteiger partial charge in [0.05, 0.1) is 29.9 Å². The first kappa shape index (κ1) is 19.9. The van der Waals surface area contributed by atoms with Gasteiger partial charge in [0.25, 0.3) is 0 Å². The minimum absolute atomic E-state index is 0.0614. The second-order valence-corrected chi connectivity index (χ2v) is 6.75.